The van der Waals surface area contributed by atoms with Crippen LogP contribution in [0.25, 0.3) is 64.7 Å². The normalized spacial score (nSPS) is 15.4. The van der Waals surface area contributed by atoms with Gasteiger partial charge in [-0.3, -0.25) is 0 Å². The van der Waals surface area contributed by atoms with Gasteiger partial charge in [-0.2, -0.15) is 0 Å². The summed E-state index contributed by atoms with van der Waals surface area (Å²) in [6.07, 6.45) is 4.99. The van der Waals surface area contributed by atoms with Gasteiger partial charge in [0.1, 0.15) is 0 Å². The fourth-order valence-electron chi connectivity index (χ4n) is 11.2. The molecule has 0 atom stereocenters. The maximum Gasteiger partial charge on any atom is 0.0465 e. The van der Waals surface area contributed by atoms with Crippen LogP contribution in [0.1, 0.15) is 61.8 Å². The summed E-state index contributed by atoms with van der Waals surface area (Å²) >= 11 is 1.90. The molecular formula is C56H43NS. The Bertz CT molecular complexity index is 3080. The zero-order chi connectivity index (χ0) is 38.6. The predicted octanol–water partition coefficient (Wildman–Crippen LogP) is 16.0. The van der Waals surface area contributed by atoms with Crippen LogP contribution < -0.4 is 4.90 Å². The first-order chi connectivity index (χ1) is 28.5. The van der Waals surface area contributed by atoms with Gasteiger partial charge < -0.3 is 4.90 Å². The van der Waals surface area contributed by atoms with Crippen LogP contribution in [-0.2, 0) is 10.8 Å². The molecule has 0 unspecified atom stereocenters. The Balaban J connectivity index is 0.988. The molecule has 3 aliphatic carbocycles. The lowest BCUT2D eigenvalue weighted by Crippen LogP contribution is -2.21. The van der Waals surface area contributed by atoms with Gasteiger partial charge in [0.2, 0.25) is 0 Å². The van der Waals surface area contributed by atoms with Crippen molar-refractivity contribution >= 4 is 48.6 Å². The number of benzene rings is 8. The van der Waals surface area contributed by atoms with E-state index in [-0.39, 0.29) is 10.8 Å². The molecule has 1 spiro atoms. The molecule has 1 saturated carbocycles. The van der Waals surface area contributed by atoms with E-state index in [9.17, 15) is 0 Å². The minimum absolute atomic E-state index is 0.0761. The minimum atomic E-state index is -0.0761. The first-order valence-electron chi connectivity index (χ1n) is 20.9. The van der Waals surface area contributed by atoms with Crippen molar-refractivity contribution in [1.29, 1.82) is 0 Å². The molecule has 0 amide bonds. The lowest BCUT2D eigenvalue weighted by Gasteiger charge is -2.30. The third-order valence-corrected chi connectivity index (χ3v) is 15.0. The van der Waals surface area contributed by atoms with E-state index in [4.69, 9.17) is 0 Å². The fourth-order valence-corrected chi connectivity index (χ4v) is 12.4. The SMILES string of the molecule is CC1(C)c2ccccc2-c2cccc(-c3ccc(N(c4ccc(-c5cccc6c5sc5ccccc56)cc4)c4ccc5c(c4)C4(CCCC4)c4ccccc4-5)cc3)c21. The molecule has 12 rings (SSSR count). The smallest absolute Gasteiger partial charge is 0.0465 e. The Hall–Kier alpha value is -6.22. The van der Waals surface area contributed by atoms with Crippen molar-refractivity contribution in [3.05, 3.63) is 198 Å². The molecule has 0 aliphatic heterocycles. The van der Waals surface area contributed by atoms with Gasteiger partial charge in [0.15, 0.2) is 0 Å². The van der Waals surface area contributed by atoms with Crippen molar-refractivity contribution in [1.82, 2.24) is 0 Å². The van der Waals surface area contributed by atoms with E-state index in [0.717, 1.165) is 11.4 Å². The molecule has 1 aromatic heterocycles. The van der Waals surface area contributed by atoms with E-state index in [0.29, 0.717) is 0 Å². The van der Waals surface area contributed by atoms with Crippen LogP contribution in [0.5, 0.6) is 0 Å². The number of nitrogens with zero attached hydrogens (tertiary/aromatic N) is 1. The van der Waals surface area contributed by atoms with Crippen molar-refractivity contribution in [2.45, 2.75) is 50.4 Å². The molecule has 1 nitrogen and oxygen atoms in total. The third-order valence-electron chi connectivity index (χ3n) is 13.8. The van der Waals surface area contributed by atoms with Crippen molar-refractivity contribution in [2.24, 2.45) is 0 Å². The summed E-state index contributed by atoms with van der Waals surface area (Å²) in [7, 11) is 0. The predicted molar refractivity (Wildman–Crippen MR) is 247 cm³/mol. The quantitative estimate of drug-likeness (QED) is 0.169. The highest BCUT2D eigenvalue weighted by Crippen LogP contribution is 2.58. The van der Waals surface area contributed by atoms with Gasteiger partial charge in [-0.15, -0.1) is 11.3 Å². The second-order valence-corrected chi connectivity index (χ2v) is 18.2. The molecule has 9 aromatic rings. The van der Waals surface area contributed by atoms with Crippen LogP contribution >= 0.6 is 11.3 Å². The average molecular weight is 762 g/mol. The number of fused-ring (bicyclic) bond motifs is 11. The van der Waals surface area contributed by atoms with Gasteiger partial charge in [-0.1, -0.05) is 160 Å². The van der Waals surface area contributed by atoms with Crippen molar-refractivity contribution in [2.75, 3.05) is 4.90 Å². The molecule has 3 aliphatic rings. The van der Waals surface area contributed by atoms with Gasteiger partial charge in [0, 0.05) is 48.1 Å². The topological polar surface area (TPSA) is 3.24 Å². The number of rotatable bonds is 5. The van der Waals surface area contributed by atoms with Crippen LogP contribution in [0.2, 0.25) is 0 Å². The number of thiophene rings is 1. The highest BCUT2D eigenvalue weighted by molar-refractivity contribution is 7.26. The second-order valence-electron chi connectivity index (χ2n) is 17.2. The first kappa shape index (κ1) is 33.9. The molecule has 1 fully saturated rings. The van der Waals surface area contributed by atoms with Crippen LogP contribution in [0.15, 0.2) is 176 Å². The summed E-state index contributed by atoms with van der Waals surface area (Å²) in [5, 5.41) is 2.67. The Labute approximate surface area is 344 Å². The van der Waals surface area contributed by atoms with Crippen LogP contribution in [0.4, 0.5) is 17.1 Å². The van der Waals surface area contributed by atoms with E-state index in [2.05, 4.69) is 195 Å². The van der Waals surface area contributed by atoms with Gasteiger partial charge in [-0.25, -0.2) is 0 Å². The Morgan fingerprint density at radius 1 is 0.431 bits per heavy atom. The number of hydrogen-bond donors (Lipinski definition) is 0. The van der Waals surface area contributed by atoms with Gasteiger partial charge in [0.05, 0.1) is 0 Å². The summed E-state index contributed by atoms with van der Waals surface area (Å²) in [4.78, 5) is 2.48. The monoisotopic (exact) mass is 761 g/mol. The number of hydrogen-bond acceptors (Lipinski definition) is 2. The van der Waals surface area contributed by atoms with E-state index in [1.54, 1.807) is 0 Å². The maximum absolute atomic E-state index is 2.53. The molecule has 0 N–H and O–H groups in total. The van der Waals surface area contributed by atoms with Gasteiger partial charge in [-0.05, 0) is 122 Å². The Morgan fingerprint density at radius 2 is 0.966 bits per heavy atom. The summed E-state index contributed by atoms with van der Waals surface area (Å²) in [5.74, 6) is 0. The molecule has 278 valence electrons. The second kappa shape index (κ2) is 12.6. The third kappa shape index (κ3) is 4.82. The van der Waals surface area contributed by atoms with Gasteiger partial charge >= 0.3 is 0 Å². The molecule has 0 radical (unpaired) electrons. The van der Waals surface area contributed by atoms with Crippen LogP contribution in [0, 0.1) is 0 Å². The first-order valence-corrected chi connectivity index (χ1v) is 21.7. The highest BCUT2D eigenvalue weighted by Gasteiger charge is 2.45. The molecule has 1 heterocycles. The highest BCUT2D eigenvalue weighted by atomic mass is 32.1. The maximum atomic E-state index is 2.53. The zero-order valence-corrected chi connectivity index (χ0v) is 33.7. The standard InChI is InChI=1S/C56H43NS/c1-55(2)49-20-6-3-14-44(49)47-18-11-16-41(53(47)55)36-23-27-38(28-24-36)57(40-31-32-45-43-13-4-7-21-50(43)56(51(45)35-40)33-9-10-34-56)39-29-25-37(26-30-39)42-17-12-19-48-46-15-5-8-22-52(46)58-54(42)48/h3-8,11-32,35H,9-10,33-34H2,1-2H3. The zero-order valence-electron chi connectivity index (χ0n) is 32.9. The lowest BCUT2D eigenvalue weighted by molar-refractivity contribution is 0.550. The largest absolute Gasteiger partial charge is 0.310 e. The fraction of sp³-hybridized carbons (Fsp3) is 0.143. The van der Waals surface area contributed by atoms with Crippen molar-refractivity contribution < 1.29 is 0 Å². The van der Waals surface area contributed by atoms with E-state index in [1.165, 1.54) is 118 Å². The van der Waals surface area contributed by atoms with Crippen molar-refractivity contribution in [3.63, 3.8) is 0 Å². The van der Waals surface area contributed by atoms with E-state index >= 15 is 0 Å². The van der Waals surface area contributed by atoms with E-state index in [1.807, 2.05) is 11.3 Å². The molecule has 0 saturated heterocycles. The summed E-state index contributed by atoms with van der Waals surface area (Å²) in [6, 6.07) is 66.5. The Kier molecular flexibility index (Phi) is 7.38. The summed E-state index contributed by atoms with van der Waals surface area (Å²) in [5.41, 5.74) is 20.1. The average Bonchev–Trinajstić information content (AvgIpc) is 4.04. The van der Waals surface area contributed by atoms with Crippen LogP contribution in [-0.4, -0.2) is 0 Å². The van der Waals surface area contributed by atoms with Crippen molar-refractivity contribution in [3.8, 4) is 44.5 Å². The van der Waals surface area contributed by atoms with Crippen LogP contribution in [0.3, 0.4) is 0 Å². The molecule has 0 bridgehead atoms. The Morgan fingerprint density at radius 3 is 1.72 bits per heavy atom. The molecule has 8 aromatic carbocycles. The minimum Gasteiger partial charge on any atom is -0.310 e. The number of anilines is 3. The molecule has 2 heteroatoms. The van der Waals surface area contributed by atoms with E-state index < -0.39 is 0 Å². The molecule has 58 heavy (non-hydrogen) atoms. The van der Waals surface area contributed by atoms with Gasteiger partial charge in [0.25, 0.3) is 0 Å². The summed E-state index contributed by atoms with van der Waals surface area (Å²) in [6.45, 7) is 4.76. The summed E-state index contributed by atoms with van der Waals surface area (Å²) < 4.78 is 2.69. The molecular weight excluding hydrogens is 719 g/mol. The lowest BCUT2D eigenvalue weighted by atomic mass is 9.76.